The van der Waals surface area contributed by atoms with Crippen LogP contribution in [0, 0.1) is 0 Å². The van der Waals surface area contributed by atoms with E-state index in [4.69, 9.17) is 11.6 Å². The Bertz CT molecular complexity index is 161. The van der Waals surface area contributed by atoms with E-state index >= 15 is 0 Å². The SMILES string of the molecule is CC(=O)N1CCCC1CCCCl. The second-order valence-corrected chi connectivity index (χ2v) is 3.72. The summed E-state index contributed by atoms with van der Waals surface area (Å²) in [5.74, 6) is 0.925. The van der Waals surface area contributed by atoms with Gasteiger partial charge in [-0.25, -0.2) is 0 Å². The standard InChI is InChI=1S/C9H16ClNO/c1-8(12)11-7-3-5-9(11)4-2-6-10/h9H,2-7H2,1H3. The van der Waals surface area contributed by atoms with Crippen molar-refractivity contribution in [2.75, 3.05) is 12.4 Å². The normalized spacial score (nSPS) is 23.2. The topological polar surface area (TPSA) is 20.3 Å². The van der Waals surface area contributed by atoms with Gasteiger partial charge in [-0.2, -0.15) is 0 Å². The molecule has 1 rings (SSSR count). The molecule has 1 amide bonds. The predicted molar refractivity (Wildman–Crippen MR) is 50.4 cm³/mol. The molecule has 12 heavy (non-hydrogen) atoms. The largest absolute Gasteiger partial charge is 0.340 e. The van der Waals surface area contributed by atoms with Crippen LogP contribution in [0.3, 0.4) is 0 Å². The van der Waals surface area contributed by atoms with Crippen LogP contribution in [0.4, 0.5) is 0 Å². The fourth-order valence-electron chi connectivity index (χ4n) is 1.86. The van der Waals surface area contributed by atoms with E-state index in [1.165, 1.54) is 0 Å². The van der Waals surface area contributed by atoms with Gasteiger partial charge in [0.2, 0.25) is 5.91 Å². The number of carbonyl (C=O) groups is 1. The predicted octanol–water partition coefficient (Wildman–Crippen LogP) is 2.02. The van der Waals surface area contributed by atoms with Crippen LogP contribution >= 0.6 is 11.6 Å². The van der Waals surface area contributed by atoms with Gasteiger partial charge in [0, 0.05) is 25.4 Å². The van der Waals surface area contributed by atoms with E-state index < -0.39 is 0 Å². The van der Waals surface area contributed by atoms with Crippen molar-refractivity contribution in [2.45, 2.75) is 38.6 Å². The molecular weight excluding hydrogens is 174 g/mol. The van der Waals surface area contributed by atoms with Crippen molar-refractivity contribution in [1.29, 1.82) is 0 Å². The van der Waals surface area contributed by atoms with Gasteiger partial charge in [-0.15, -0.1) is 11.6 Å². The first-order valence-electron chi connectivity index (χ1n) is 4.59. The zero-order valence-corrected chi connectivity index (χ0v) is 8.31. The highest BCUT2D eigenvalue weighted by Crippen LogP contribution is 2.21. The van der Waals surface area contributed by atoms with Crippen molar-refractivity contribution in [3.63, 3.8) is 0 Å². The van der Waals surface area contributed by atoms with E-state index in [-0.39, 0.29) is 5.91 Å². The third-order valence-electron chi connectivity index (χ3n) is 2.45. The zero-order chi connectivity index (χ0) is 8.97. The van der Waals surface area contributed by atoms with E-state index in [0.717, 1.165) is 32.2 Å². The first-order valence-corrected chi connectivity index (χ1v) is 5.12. The monoisotopic (exact) mass is 189 g/mol. The molecular formula is C9H16ClNO. The maximum Gasteiger partial charge on any atom is 0.219 e. The molecule has 0 aliphatic carbocycles. The number of halogens is 1. The van der Waals surface area contributed by atoms with Gasteiger partial charge in [0.25, 0.3) is 0 Å². The van der Waals surface area contributed by atoms with Gasteiger partial charge in [-0.3, -0.25) is 4.79 Å². The molecule has 0 aromatic rings. The number of carbonyl (C=O) groups excluding carboxylic acids is 1. The molecule has 0 aromatic carbocycles. The lowest BCUT2D eigenvalue weighted by Gasteiger charge is -2.22. The molecule has 0 saturated carbocycles. The molecule has 1 aliphatic heterocycles. The van der Waals surface area contributed by atoms with Crippen LogP contribution in [0.1, 0.15) is 32.6 Å². The molecule has 1 aliphatic rings. The summed E-state index contributed by atoms with van der Waals surface area (Å²) >= 11 is 5.60. The second-order valence-electron chi connectivity index (χ2n) is 3.34. The molecule has 0 aromatic heterocycles. The fraction of sp³-hybridized carbons (Fsp3) is 0.889. The van der Waals surface area contributed by atoms with Gasteiger partial charge >= 0.3 is 0 Å². The third kappa shape index (κ3) is 2.37. The Hall–Kier alpha value is -0.240. The number of rotatable bonds is 3. The van der Waals surface area contributed by atoms with Gasteiger partial charge in [0.05, 0.1) is 0 Å². The van der Waals surface area contributed by atoms with Crippen LogP contribution in [0.5, 0.6) is 0 Å². The quantitative estimate of drug-likeness (QED) is 0.623. The molecule has 0 bridgehead atoms. The summed E-state index contributed by atoms with van der Waals surface area (Å²) < 4.78 is 0. The Kier molecular flexibility index (Phi) is 3.86. The number of amides is 1. The lowest BCUT2D eigenvalue weighted by Crippen LogP contribution is -2.33. The molecule has 1 fully saturated rings. The van der Waals surface area contributed by atoms with Crippen molar-refractivity contribution in [3.05, 3.63) is 0 Å². The summed E-state index contributed by atoms with van der Waals surface area (Å²) in [5, 5.41) is 0. The molecule has 1 atom stereocenters. The Morgan fingerprint density at radius 3 is 3.00 bits per heavy atom. The number of hydrogen-bond acceptors (Lipinski definition) is 1. The first kappa shape index (κ1) is 9.85. The van der Waals surface area contributed by atoms with Crippen LogP contribution in [0.15, 0.2) is 0 Å². The van der Waals surface area contributed by atoms with Crippen molar-refractivity contribution >= 4 is 17.5 Å². The Morgan fingerprint density at radius 1 is 1.67 bits per heavy atom. The number of nitrogens with zero attached hydrogens (tertiary/aromatic N) is 1. The van der Waals surface area contributed by atoms with E-state index in [1.807, 2.05) is 4.90 Å². The number of alkyl halides is 1. The summed E-state index contributed by atoms with van der Waals surface area (Å²) in [5.41, 5.74) is 0. The van der Waals surface area contributed by atoms with Crippen LogP contribution in [-0.4, -0.2) is 29.3 Å². The fourth-order valence-corrected chi connectivity index (χ4v) is 2.02. The minimum absolute atomic E-state index is 0.215. The molecule has 2 nitrogen and oxygen atoms in total. The second kappa shape index (κ2) is 4.70. The maximum atomic E-state index is 11.1. The van der Waals surface area contributed by atoms with E-state index in [9.17, 15) is 4.79 Å². The lowest BCUT2D eigenvalue weighted by molar-refractivity contribution is -0.129. The summed E-state index contributed by atoms with van der Waals surface area (Å²) in [6.45, 7) is 2.60. The summed E-state index contributed by atoms with van der Waals surface area (Å²) in [6.07, 6.45) is 4.42. The van der Waals surface area contributed by atoms with E-state index in [2.05, 4.69) is 0 Å². The first-order chi connectivity index (χ1) is 5.75. The average Bonchev–Trinajstić information content (AvgIpc) is 2.48. The molecule has 1 saturated heterocycles. The summed E-state index contributed by atoms with van der Waals surface area (Å²) in [4.78, 5) is 13.1. The Balaban J connectivity index is 2.35. The molecule has 0 radical (unpaired) electrons. The highest BCUT2D eigenvalue weighted by Gasteiger charge is 2.25. The van der Waals surface area contributed by atoms with Gasteiger partial charge in [-0.05, 0) is 25.7 Å². The van der Waals surface area contributed by atoms with Crippen LogP contribution in [0.2, 0.25) is 0 Å². The van der Waals surface area contributed by atoms with Crippen molar-refractivity contribution in [2.24, 2.45) is 0 Å². The average molecular weight is 190 g/mol. The minimum Gasteiger partial charge on any atom is -0.340 e. The van der Waals surface area contributed by atoms with Crippen LogP contribution in [-0.2, 0) is 4.79 Å². The van der Waals surface area contributed by atoms with Crippen LogP contribution < -0.4 is 0 Å². The van der Waals surface area contributed by atoms with Gasteiger partial charge in [0.15, 0.2) is 0 Å². The Morgan fingerprint density at radius 2 is 2.42 bits per heavy atom. The molecule has 1 heterocycles. The van der Waals surface area contributed by atoms with Crippen molar-refractivity contribution < 1.29 is 4.79 Å². The molecule has 0 N–H and O–H groups in total. The van der Waals surface area contributed by atoms with Crippen molar-refractivity contribution in [1.82, 2.24) is 4.90 Å². The van der Waals surface area contributed by atoms with Gasteiger partial charge < -0.3 is 4.90 Å². The zero-order valence-electron chi connectivity index (χ0n) is 7.55. The molecule has 0 spiro atoms. The molecule has 3 heteroatoms. The summed E-state index contributed by atoms with van der Waals surface area (Å²) in [6, 6.07) is 0.473. The minimum atomic E-state index is 0.215. The van der Waals surface area contributed by atoms with Gasteiger partial charge in [-0.1, -0.05) is 0 Å². The maximum absolute atomic E-state index is 11.1. The third-order valence-corrected chi connectivity index (χ3v) is 2.72. The lowest BCUT2D eigenvalue weighted by atomic mass is 10.1. The highest BCUT2D eigenvalue weighted by atomic mass is 35.5. The summed E-state index contributed by atoms with van der Waals surface area (Å²) in [7, 11) is 0. The molecule has 1 unspecified atom stereocenters. The smallest absolute Gasteiger partial charge is 0.219 e. The van der Waals surface area contributed by atoms with Gasteiger partial charge in [0.1, 0.15) is 0 Å². The van der Waals surface area contributed by atoms with E-state index in [0.29, 0.717) is 11.9 Å². The van der Waals surface area contributed by atoms with E-state index in [1.54, 1.807) is 6.92 Å². The Labute approximate surface area is 78.9 Å². The van der Waals surface area contributed by atoms with Crippen molar-refractivity contribution in [3.8, 4) is 0 Å². The molecule has 70 valence electrons. The van der Waals surface area contributed by atoms with Crippen LogP contribution in [0.25, 0.3) is 0 Å². The highest BCUT2D eigenvalue weighted by molar-refractivity contribution is 6.17. The number of likely N-dealkylation sites (tertiary alicyclic amines) is 1. The number of hydrogen-bond donors (Lipinski definition) is 0.